The van der Waals surface area contributed by atoms with E-state index in [0.29, 0.717) is 11.3 Å². The van der Waals surface area contributed by atoms with Gasteiger partial charge in [-0.1, -0.05) is 25.2 Å². The lowest BCUT2D eigenvalue weighted by Gasteiger charge is -2.42. The van der Waals surface area contributed by atoms with Crippen LogP contribution in [0.2, 0.25) is 0 Å². The average molecular weight is 220 g/mol. The summed E-state index contributed by atoms with van der Waals surface area (Å²) in [5.74, 6) is 1.52. The normalized spacial score (nSPS) is 38.8. The summed E-state index contributed by atoms with van der Waals surface area (Å²) < 4.78 is 0. The summed E-state index contributed by atoms with van der Waals surface area (Å²) in [7, 11) is 0. The van der Waals surface area contributed by atoms with Crippen LogP contribution in [0.15, 0.2) is 23.8 Å². The van der Waals surface area contributed by atoms with E-state index >= 15 is 0 Å². The molecule has 2 aliphatic rings. The van der Waals surface area contributed by atoms with E-state index < -0.39 is 0 Å². The highest BCUT2D eigenvalue weighted by Crippen LogP contribution is 2.57. The first kappa shape index (κ1) is 11.9. The van der Waals surface area contributed by atoms with Crippen molar-refractivity contribution in [1.82, 2.24) is 0 Å². The quantitative estimate of drug-likeness (QED) is 0.704. The number of hydrogen-bond acceptors (Lipinski definition) is 1. The molecule has 3 atom stereocenters. The number of rotatable bonds is 2. The second kappa shape index (κ2) is 4.37. The Labute approximate surface area is 99.3 Å². The van der Waals surface area contributed by atoms with Gasteiger partial charge >= 0.3 is 0 Å². The van der Waals surface area contributed by atoms with Crippen molar-refractivity contribution in [3.63, 3.8) is 0 Å². The Morgan fingerprint density at radius 1 is 1.56 bits per heavy atom. The molecule has 0 bridgehead atoms. The summed E-state index contributed by atoms with van der Waals surface area (Å²) in [4.78, 5) is 0. The van der Waals surface area contributed by atoms with Gasteiger partial charge in [0.2, 0.25) is 0 Å². The highest BCUT2D eigenvalue weighted by atomic mass is 16.3. The highest BCUT2D eigenvalue weighted by molar-refractivity contribution is 5.18. The van der Waals surface area contributed by atoms with Crippen molar-refractivity contribution in [2.24, 2.45) is 17.3 Å². The number of aliphatic hydroxyl groups excluding tert-OH is 1. The van der Waals surface area contributed by atoms with Crippen LogP contribution in [0.4, 0.5) is 0 Å². The van der Waals surface area contributed by atoms with Crippen LogP contribution in [0, 0.1) is 17.3 Å². The zero-order valence-corrected chi connectivity index (χ0v) is 10.6. The minimum Gasteiger partial charge on any atom is -0.392 e. The second-order valence-electron chi connectivity index (χ2n) is 5.84. The lowest BCUT2D eigenvalue weighted by molar-refractivity contribution is 0.138. The van der Waals surface area contributed by atoms with E-state index in [1.165, 1.54) is 30.4 Å². The molecule has 0 aromatic rings. The Balaban J connectivity index is 2.23. The largest absolute Gasteiger partial charge is 0.392 e. The minimum atomic E-state index is 0.252. The van der Waals surface area contributed by atoms with Crippen LogP contribution in [0.3, 0.4) is 0 Å². The van der Waals surface area contributed by atoms with Gasteiger partial charge in [0.1, 0.15) is 0 Å². The monoisotopic (exact) mass is 220 g/mol. The van der Waals surface area contributed by atoms with E-state index in [1.807, 2.05) is 0 Å². The SMILES string of the molecule is C=C(C)[C@@H]1CC[C@@H](C)[C@]12CC=C(CO)CC2. The van der Waals surface area contributed by atoms with Crippen molar-refractivity contribution in [2.75, 3.05) is 6.61 Å². The molecule has 0 aromatic heterocycles. The van der Waals surface area contributed by atoms with E-state index in [2.05, 4.69) is 26.5 Å². The van der Waals surface area contributed by atoms with Gasteiger partial charge in [-0.05, 0) is 61.9 Å². The molecule has 16 heavy (non-hydrogen) atoms. The highest BCUT2D eigenvalue weighted by Gasteiger charge is 2.47. The molecule has 1 saturated carbocycles. The fourth-order valence-electron chi connectivity index (χ4n) is 3.91. The lowest BCUT2D eigenvalue weighted by atomic mass is 9.63. The molecule has 0 aliphatic heterocycles. The maximum Gasteiger partial charge on any atom is 0.0641 e. The van der Waals surface area contributed by atoms with E-state index in [-0.39, 0.29) is 6.61 Å². The minimum absolute atomic E-state index is 0.252. The van der Waals surface area contributed by atoms with Gasteiger partial charge < -0.3 is 5.11 Å². The summed E-state index contributed by atoms with van der Waals surface area (Å²) in [6, 6.07) is 0. The van der Waals surface area contributed by atoms with Gasteiger partial charge in [0, 0.05) is 0 Å². The number of aliphatic hydroxyl groups is 1. The van der Waals surface area contributed by atoms with Gasteiger partial charge in [-0.2, -0.15) is 0 Å². The van der Waals surface area contributed by atoms with E-state index in [4.69, 9.17) is 0 Å². The van der Waals surface area contributed by atoms with Crippen molar-refractivity contribution in [3.8, 4) is 0 Å². The van der Waals surface area contributed by atoms with Crippen LogP contribution in [-0.2, 0) is 0 Å². The van der Waals surface area contributed by atoms with Gasteiger partial charge in [-0.25, -0.2) is 0 Å². The smallest absolute Gasteiger partial charge is 0.0641 e. The fraction of sp³-hybridized carbons (Fsp3) is 0.733. The van der Waals surface area contributed by atoms with Crippen LogP contribution >= 0.6 is 0 Å². The number of allylic oxidation sites excluding steroid dienone is 2. The summed E-state index contributed by atoms with van der Waals surface area (Å²) in [6.07, 6.45) is 8.45. The molecule has 0 unspecified atom stereocenters. The van der Waals surface area contributed by atoms with Crippen LogP contribution in [0.5, 0.6) is 0 Å². The van der Waals surface area contributed by atoms with E-state index in [0.717, 1.165) is 18.8 Å². The molecule has 0 saturated heterocycles. The van der Waals surface area contributed by atoms with Gasteiger partial charge in [0.15, 0.2) is 0 Å². The third-order valence-electron chi connectivity index (χ3n) is 5.04. The molecule has 2 aliphatic carbocycles. The first-order valence-electron chi connectivity index (χ1n) is 6.54. The second-order valence-corrected chi connectivity index (χ2v) is 5.84. The lowest BCUT2D eigenvalue weighted by Crippen LogP contribution is -2.33. The summed E-state index contributed by atoms with van der Waals surface area (Å²) in [6.45, 7) is 9.04. The van der Waals surface area contributed by atoms with Crippen LogP contribution in [0.25, 0.3) is 0 Å². The third kappa shape index (κ3) is 1.75. The van der Waals surface area contributed by atoms with Crippen LogP contribution in [0.1, 0.15) is 46.0 Å². The number of hydrogen-bond donors (Lipinski definition) is 1. The predicted molar refractivity (Wildman–Crippen MR) is 68.2 cm³/mol. The first-order valence-corrected chi connectivity index (χ1v) is 6.54. The molecule has 1 fully saturated rings. The molecule has 1 nitrogen and oxygen atoms in total. The van der Waals surface area contributed by atoms with Crippen molar-refractivity contribution >= 4 is 0 Å². The first-order chi connectivity index (χ1) is 7.60. The zero-order chi connectivity index (χ0) is 11.8. The summed E-state index contributed by atoms with van der Waals surface area (Å²) in [5.41, 5.74) is 3.07. The summed E-state index contributed by atoms with van der Waals surface area (Å²) in [5, 5.41) is 9.18. The molecule has 0 radical (unpaired) electrons. The van der Waals surface area contributed by atoms with Crippen molar-refractivity contribution in [3.05, 3.63) is 23.8 Å². The van der Waals surface area contributed by atoms with Gasteiger partial charge in [-0.15, -0.1) is 0 Å². The van der Waals surface area contributed by atoms with Gasteiger partial charge in [0.25, 0.3) is 0 Å². The Hall–Kier alpha value is -0.560. The molecule has 1 N–H and O–H groups in total. The molecule has 1 spiro atoms. The molecule has 90 valence electrons. The molecule has 1 heteroatoms. The molecule has 0 amide bonds. The van der Waals surface area contributed by atoms with Crippen molar-refractivity contribution < 1.29 is 5.11 Å². The molecule has 0 aromatic carbocycles. The summed E-state index contributed by atoms with van der Waals surface area (Å²) >= 11 is 0. The molecule has 2 rings (SSSR count). The van der Waals surface area contributed by atoms with Crippen LogP contribution < -0.4 is 0 Å². The fourth-order valence-corrected chi connectivity index (χ4v) is 3.91. The Morgan fingerprint density at radius 2 is 2.31 bits per heavy atom. The van der Waals surface area contributed by atoms with Crippen molar-refractivity contribution in [2.45, 2.75) is 46.0 Å². The standard InChI is InChI=1S/C15H24O/c1-11(2)14-5-4-12(3)15(14)8-6-13(10-16)7-9-15/h6,12,14,16H,1,4-5,7-10H2,2-3H3/t12-,14+,15-/m1/s1. The molecular formula is C15H24O. The third-order valence-corrected chi connectivity index (χ3v) is 5.04. The Morgan fingerprint density at radius 3 is 2.81 bits per heavy atom. The zero-order valence-electron chi connectivity index (χ0n) is 10.6. The Bertz CT molecular complexity index is 315. The molecular weight excluding hydrogens is 196 g/mol. The maximum atomic E-state index is 9.18. The van der Waals surface area contributed by atoms with Gasteiger partial charge in [0.05, 0.1) is 6.61 Å². The Kier molecular flexibility index (Phi) is 3.25. The van der Waals surface area contributed by atoms with E-state index in [9.17, 15) is 5.11 Å². The van der Waals surface area contributed by atoms with E-state index in [1.54, 1.807) is 0 Å². The maximum absolute atomic E-state index is 9.18. The average Bonchev–Trinajstić information content (AvgIpc) is 2.58. The topological polar surface area (TPSA) is 20.2 Å². The predicted octanol–water partition coefficient (Wildman–Crippen LogP) is 3.70. The molecule has 0 heterocycles. The van der Waals surface area contributed by atoms with Crippen LogP contribution in [-0.4, -0.2) is 11.7 Å². The van der Waals surface area contributed by atoms with Gasteiger partial charge in [-0.3, -0.25) is 0 Å². The van der Waals surface area contributed by atoms with Crippen molar-refractivity contribution in [1.29, 1.82) is 0 Å².